The summed E-state index contributed by atoms with van der Waals surface area (Å²) in [6, 6.07) is 14.6. The van der Waals surface area contributed by atoms with Crippen LogP contribution >= 0.6 is 17.0 Å². The second-order valence-electron chi connectivity index (χ2n) is 6.99. The van der Waals surface area contributed by atoms with Crippen LogP contribution in [0, 0.1) is 6.92 Å². The number of rotatable bonds is 2. The standard InChI is InChI=1S/C21H22N4O2.BrH/c1-15-18-5-3-4-6-19(18)21(27)25(22-15)17-9-7-16(8-10-17)20(26)24-13-11-23(2)12-14-24;/h3-10H,11-14H2,1-2H3;1H. The summed E-state index contributed by atoms with van der Waals surface area (Å²) in [6.07, 6.45) is 0. The summed E-state index contributed by atoms with van der Waals surface area (Å²) < 4.78 is 1.40. The van der Waals surface area contributed by atoms with Crippen molar-refractivity contribution in [1.82, 2.24) is 19.6 Å². The molecule has 1 fully saturated rings. The van der Waals surface area contributed by atoms with Crippen molar-refractivity contribution in [3.05, 3.63) is 70.1 Å². The van der Waals surface area contributed by atoms with Crippen molar-refractivity contribution in [2.45, 2.75) is 6.92 Å². The summed E-state index contributed by atoms with van der Waals surface area (Å²) >= 11 is 0. The van der Waals surface area contributed by atoms with Crippen LogP contribution in [0.25, 0.3) is 16.5 Å². The second kappa shape index (κ2) is 8.24. The lowest BCUT2D eigenvalue weighted by Crippen LogP contribution is -2.47. The molecule has 1 aliphatic heterocycles. The molecule has 3 aromatic rings. The Hall–Kier alpha value is -2.51. The normalized spacial score (nSPS) is 14.7. The molecule has 1 saturated heterocycles. The predicted molar refractivity (Wildman–Crippen MR) is 116 cm³/mol. The van der Waals surface area contributed by atoms with E-state index in [-0.39, 0.29) is 28.4 Å². The number of aryl methyl sites for hydroxylation is 1. The highest BCUT2D eigenvalue weighted by Crippen LogP contribution is 2.15. The Balaban J connectivity index is 0.00000225. The molecule has 0 bridgehead atoms. The molecule has 0 N–H and O–H groups in total. The minimum absolute atomic E-state index is 0. The fourth-order valence-electron chi connectivity index (χ4n) is 3.46. The molecule has 0 aliphatic carbocycles. The zero-order valence-electron chi connectivity index (χ0n) is 16.0. The number of piperazine rings is 1. The van der Waals surface area contributed by atoms with Gasteiger partial charge in [-0.2, -0.15) is 9.78 Å². The Morgan fingerprint density at radius 1 is 0.929 bits per heavy atom. The van der Waals surface area contributed by atoms with Gasteiger partial charge in [0.15, 0.2) is 0 Å². The molecule has 0 spiro atoms. The van der Waals surface area contributed by atoms with Crippen LogP contribution in [0.5, 0.6) is 0 Å². The van der Waals surface area contributed by atoms with E-state index in [2.05, 4.69) is 17.0 Å². The number of benzene rings is 2. The van der Waals surface area contributed by atoms with Gasteiger partial charge in [-0.15, -0.1) is 17.0 Å². The van der Waals surface area contributed by atoms with E-state index in [1.807, 2.05) is 36.1 Å². The number of hydrogen-bond donors (Lipinski definition) is 0. The Labute approximate surface area is 174 Å². The molecule has 1 aliphatic rings. The van der Waals surface area contributed by atoms with Crippen LogP contribution in [0.4, 0.5) is 0 Å². The fourth-order valence-corrected chi connectivity index (χ4v) is 3.46. The predicted octanol–water partition coefficient (Wildman–Crippen LogP) is 2.66. The summed E-state index contributed by atoms with van der Waals surface area (Å²) in [7, 11) is 2.06. The number of amides is 1. The Morgan fingerprint density at radius 2 is 1.54 bits per heavy atom. The Morgan fingerprint density at radius 3 is 2.18 bits per heavy atom. The molecule has 0 radical (unpaired) electrons. The van der Waals surface area contributed by atoms with Gasteiger partial charge in [0, 0.05) is 37.1 Å². The highest BCUT2D eigenvalue weighted by atomic mass is 79.9. The van der Waals surface area contributed by atoms with Crippen LogP contribution < -0.4 is 5.56 Å². The first-order valence-electron chi connectivity index (χ1n) is 9.11. The van der Waals surface area contributed by atoms with Crippen molar-refractivity contribution in [2.75, 3.05) is 33.2 Å². The Bertz CT molecular complexity index is 1050. The van der Waals surface area contributed by atoms with Gasteiger partial charge in [-0.25, -0.2) is 0 Å². The fraction of sp³-hybridized carbons (Fsp3) is 0.286. The Kier molecular flexibility index (Phi) is 5.96. The molecular formula is C21H23BrN4O2. The van der Waals surface area contributed by atoms with Crippen LogP contribution in [0.15, 0.2) is 53.3 Å². The molecule has 2 heterocycles. The zero-order chi connectivity index (χ0) is 19.0. The maximum absolute atomic E-state index is 12.8. The van der Waals surface area contributed by atoms with Crippen molar-refractivity contribution < 1.29 is 4.79 Å². The molecule has 28 heavy (non-hydrogen) atoms. The van der Waals surface area contributed by atoms with E-state index in [0.29, 0.717) is 16.6 Å². The average Bonchev–Trinajstić information content (AvgIpc) is 2.71. The van der Waals surface area contributed by atoms with Gasteiger partial charge in [0.05, 0.1) is 16.8 Å². The van der Waals surface area contributed by atoms with Crippen LogP contribution in [0.2, 0.25) is 0 Å². The van der Waals surface area contributed by atoms with E-state index in [0.717, 1.165) is 37.3 Å². The van der Waals surface area contributed by atoms with Crippen molar-refractivity contribution in [3.8, 4) is 5.69 Å². The molecule has 1 amide bonds. The lowest BCUT2D eigenvalue weighted by Gasteiger charge is -2.32. The zero-order valence-corrected chi connectivity index (χ0v) is 17.7. The van der Waals surface area contributed by atoms with Crippen molar-refractivity contribution in [3.63, 3.8) is 0 Å². The van der Waals surface area contributed by atoms with Crippen LogP contribution in [0.1, 0.15) is 16.1 Å². The van der Waals surface area contributed by atoms with E-state index in [1.165, 1.54) is 4.68 Å². The van der Waals surface area contributed by atoms with E-state index in [1.54, 1.807) is 24.3 Å². The van der Waals surface area contributed by atoms with Crippen molar-refractivity contribution >= 4 is 33.7 Å². The molecule has 1 aromatic heterocycles. The van der Waals surface area contributed by atoms with Gasteiger partial charge >= 0.3 is 0 Å². The highest BCUT2D eigenvalue weighted by molar-refractivity contribution is 8.93. The van der Waals surface area contributed by atoms with E-state index in [4.69, 9.17) is 0 Å². The molecule has 146 valence electrons. The lowest BCUT2D eigenvalue weighted by atomic mass is 10.1. The number of carbonyl (C=O) groups excluding carboxylic acids is 1. The SMILES string of the molecule is Br.Cc1nn(-c2ccc(C(=O)N3CCN(C)CC3)cc2)c(=O)c2ccccc12. The number of halogens is 1. The quantitative estimate of drug-likeness (QED) is 0.611. The molecule has 0 atom stereocenters. The third-order valence-electron chi connectivity index (χ3n) is 5.14. The number of nitrogens with zero attached hydrogens (tertiary/aromatic N) is 4. The lowest BCUT2D eigenvalue weighted by molar-refractivity contribution is 0.0664. The number of fused-ring (bicyclic) bond motifs is 1. The van der Waals surface area contributed by atoms with E-state index < -0.39 is 0 Å². The number of aromatic nitrogens is 2. The van der Waals surface area contributed by atoms with Crippen molar-refractivity contribution in [2.24, 2.45) is 0 Å². The third-order valence-corrected chi connectivity index (χ3v) is 5.14. The van der Waals surface area contributed by atoms with Gasteiger partial charge in [-0.05, 0) is 44.3 Å². The largest absolute Gasteiger partial charge is 0.336 e. The van der Waals surface area contributed by atoms with E-state index >= 15 is 0 Å². The molecule has 0 saturated carbocycles. The molecule has 2 aromatic carbocycles. The van der Waals surface area contributed by atoms with Crippen LogP contribution in [0.3, 0.4) is 0 Å². The minimum atomic E-state index is -0.158. The van der Waals surface area contributed by atoms with Gasteiger partial charge in [0.2, 0.25) is 0 Å². The van der Waals surface area contributed by atoms with Crippen molar-refractivity contribution in [1.29, 1.82) is 0 Å². The van der Waals surface area contributed by atoms with Gasteiger partial charge < -0.3 is 9.80 Å². The molecular weight excluding hydrogens is 420 g/mol. The van der Waals surface area contributed by atoms with Gasteiger partial charge in [-0.3, -0.25) is 9.59 Å². The third kappa shape index (κ3) is 3.72. The van der Waals surface area contributed by atoms with Gasteiger partial charge in [0.25, 0.3) is 11.5 Å². The maximum atomic E-state index is 12.8. The molecule has 0 unspecified atom stereocenters. The number of hydrogen-bond acceptors (Lipinski definition) is 4. The average molecular weight is 443 g/mol. The summed E-state index contributed by atoms with van der Waals surface area (Å²) in [4.78, 5) is 29.6. The summed E-state index contributed by atoms with van der Waals surface area (Å²) in [5, 5.41) is 5.95. The van der Waals surface area contributed by atoms with Crippen LogP contribution in [-0.2, 0) is 0 Å². The molecule has 4 rings (SSSR count). The topological polar surface area (TPSA) is 58.4 Å². The number of likely N-dealkylation sites (N-methyl/N-ethyl adjacent to an activating group) is 1. The first-order chi connectivity index (χ1) is 13.0. The second-order valence-corrected chi connectivity index (χ2v) is 6.99. The monoisotopic (exact) mass is 442 g/mol. The molecule has 7 heteroatoms. The van der Waals surface area contributed by atoms with Gasteiger partial charge in [0.1, 0.15) is 0 Å². The van der Waals surface area contributed by atoms with Crippen LogP contribution in [-0.4, -0.2) is 58.7 Å². The first kappa shape index (κ1) is 20.2. The summed E-state index contributed by atoms with van der Waals surface area (Å²) in [5.74, 6) is 0.0321. The molecule has 6 nitrogen and oxygen atoms in total. The maximum Gasteiger partial charge on any atom is 0.279 e. The first-order valence-corrected chi connectivity index (χ1v) is 9.11. The number of carbonyl (C=O) groups is 1. The van der Waals surface area contributed by atoms with E-state index in [9.17, 15) is 9.59 Å². The summed E-state index contributed by atoms with van der Waals surface area (Å²) in [6.45, 7) is 5.15. The summed E-state index contributed by atoms with van der Waals surface area (Å²) in [5.41, 5.74) is 1.93. The van der Waals surface area contributed by atoms with Gasteiger partial charge in [-0.1, -0.05) is 18.2 Å². The minimum Gasteiger partial charge on any atom is -0.336 e. The highest BCUT2D eigenvalue weighted by Gasteiger charge is 2.20. The smallest absolute Gasteiger partial charge is 0.279 e.